The van der Waals surface area contributed by atoms with Gasteiger partial charge in [-0.15, -0.1) is 0 Å². The number of hydrogen-bond acceptors (Lipinski definition) is 4. The van der Waals surface area contributed by atoms with Crippen LogP contribution in [0, 0.1) is 30.4 Å². The molecule has 12 heteroatoms. The number of halogens is 6. The van der Waals surface area contributed by atoms with Gasteiger partial charge in [-0.2, -0.15) is 0 Å². The standard InChI is InChI=1S/C6F4I2.2C6H6N2S/c7-1-2(8)6(12)4(10)3(9)5(1)11;2*7-6(9)5-3-1-2-4-8-5/h;2*1-4H,(H2,7,9). The van der Waals surface area contributed by atoms with Crippen LogP contribution in [0.15, 0.2) is 48.8 Å². The summed E-state index contributed by atoms with van der Waals surface area (Å²) in [6.45, 7) is 0. The second-order valence-electron chi connectivity index (χ2n) is 5.04. The van der Waals surface area contributed by atoms with Crippen LogP contribution in [0.1, 0.15) is 11.4 Å². The highest BCUT2D eigenvalue weighted by atomic mass is 127. The van der Waals surface area contributed by atoms with Crippen LogP contribution in [0.4, 0.5) is 17.6 Å². The highest BCUT2D eigenvalue weighted by Gasteiger charge is 2.21. The summed E-state index contributed by atoms with van der Waals surface area (Å²) < 4.78 is 49.2. The highest BCUT2D eigenvalue weighted by molar-refractivity contribution is 14.1. The Morgan fingerprint density at radius 3 is 1.13 bits per heavy atom. The van der Waals surface area contributed by atoms with Crippen molar-refractivity contribution < 1.29 is 17.6 Å². The molecule has 3 rings (SSSR count). The largest absolute Gasteiger partial charge is 0.388 e. The van der Waals surface area contributed by atoms with Crippen molar-refractivity contribution in [1.29, 1.82) is 0 Å². The van der Waals surface area contributed by atoms with Crippen molar-refractivity contribution in [3.05, 3.63) is 90.6 Å². The van der Waals surface area contributed by atoms with Gasteiger partial charge in [0, 0.05) is 12.4 Å². The van der Waals surface area contributed by atoms with E-state index in [1.807, 2.05) is 24.3 Å². The minimum absolute atomic E-state index is 0.343. The molecule has 0 aliphatic rings. The first-order valence-electron chi connectivity index (χ1n) is 7.66. The summed E-state index contributed by atoms with van der Waals surface area (Å²) in [6, 6.07) is 10.9. The molecule has 0 unspecified atom stereocenters. The molecule has 0 bridgehead atoms. The number of hydrogen-bond donors (Lipinski definition) is 2. The van der Waals surface area contributed by atoms with Crippen molar-refractivity contribution in [2.75, 3.05) is 0 Å². The predicted octanol–water partition coefficient (Wildman–Crippen LogP) is 4.88. The SMILES string of the molecule is Fc1c(F)c(I)c(F)c(F)c1I.NC(=S)c1ccccn1.NC(=S)c1ccccn1. The Morgan fingerprint density at radius 2 is 0.967 bits per heavy atom. The maximum atomic E-state index is 12.6. The van der Waals surface area contributed by atoms with Crippen LogP contribution in [0.5, 0.6) is 0 Å². The van der Waals surface area contributed by atoms with Gasteiger partial charge in [-0.25, -0.2) is 17.6 Å². The fourth-order valence-electron chi connectivity index (χ4n) is 1.60. The third-order valence-electron chi connectivity index (χ3n) is 2.99. The van der Waals surface area contributed by atoms with E-state index < -0.39 is 30.4 Å². The van der Waals surface area contributed by atoms with Crippen LogP contribution in [0.25, 0.3) is 0 Å². The number of nitrogens with zero attached hydrogens (tertiary/aromatic N) is 2. The normalized spacial score (nSPS) is 9.53. The molecule has 4 N–H and O–H groups in total. The molecule has 0 saturated carbocycles. The number of rotatable bonds is 2. The Kier molecular flexibility index (Phi) is 11.5. The number of nitrogens with two attached hydrogens (primary N) is 2. The molecule has 2 aromatic heterocycles. The minimum atomic E-state index is -1.35. The smallest absolute Gasteiger partial charge is 0.176 e. The summed E-state index contributed by atoms with van der Waals surface area (Å²) in [5.74, 6) is -5.39. The Balaban J connectivity index is 0.000000229. The molecule has 0 aliphatic carbocycles. The lowest BCUT2D eigenvalue weighted by atomic mass is 10.3. The molecule has 0 saturated heterocycles. The molecule has 2 heterocycles. The van der Waals surface area contributed by atoms with Gasteiger partial charge >= 0.3 is 0 Å². The minimum Gasteiger partial charge on any atom is -0.388 e. The van der Waals surface area contributed by atoms with Gasteiger partial charge in [0.1, 0.15) is 9.98 Å². The van der Waals surface area contributed by atoms with Crippen molar-refractivity contribution in [2.45, 2.75) is 0 Å². The van der Waals surface area contributed by atoms with E-state index in [0.717, 1.165) is 0 Å². The number of benzene rings is 1. The molecule has 0 aliphatic heterocycles. The topological polar surface area (TPSA) is 77.8 Å². The van der Waals surface area contributed by atoms with E-state index >= 15 is 0 Å². The average molecular weight is 678 g/mol. The Morgan fingerprint density at radius 1 is 0.667 bits per heavy atom. The van der Waals surface area contributed by atoms with Crippen LogP contribution in [-0.4, -0.2) is 19.9 Å². The zero-order valence-electron chi connectivity index (χ0n) is 14.8. The fraction of sp³-hybridized carbons (Fsp3) is 0. The lowest BCUT2D eigenvalue weighted by Crippen LogP contribution is -2.10. The van der Waals surface area contributed by atoms with Crippen LogP contribution < -0.4 is 11.5 Å². The van der Waals surface area contributed by atoms with Gasteiger partial charge < -0.3 is 11.5 Å². The second-order valence-corrected chi connectivity index (χ2v) is 8.08. The molecule has 1 aromatic carbocycles. The molecular weight excluding hydrogens is 666 g/mol. The maximum absolute atomic E-state index is 12.6. The Hall–Kier alpha value is -1.52. The molecule has 0 amide bonds. The van der Waals surface area contributed by atoms with E-state index in [1.54, 1.807) is 24.5 Å². The third kappa shape index (κ3) is 7.96. The van der Waals surface area contributed by atoms with Gasteiger partial charge in [0.15, 0.2) is 23.3 Å². The summed E-state index contributed by atoms with van der Waals surface area (Å²) in [7, 11) is 0. The van der Waals surface area contributed by atoms with Crippen molar-refractivity contribution in [2.24, 2.45) is 11.5 Å². The molecule has 4 nitrogen and oxygen atoms in total. The van der Waals surface area contributed by atoms with Crippen LogP contribution in [0.3, 0.4) is 0 Å². The molecule has 0 fully saturated rings. The van der Waals surface area contributed by atoms with Crippen LogP contribution >= 0.6 is 69.6 Å². The molecule has 0 radical (unpaired) electrons. The van der Waals surface area contributed by atoms with Crippen molar-refractivity contribution in [1.82, 2.24) is 9.97 Å². The Labute approximate surface area is 207 Å². The molecule has 158 valence electrons. The molecule has 0 atom stereocenters. The third-order valence-corrected chi connectivity index (χ3v) is 5.30. The monoisotopic (exact) mass is 678 g/mol. The molecule has 0 spiro atoms. The zero-order valence-corrected chi connectivity index (χ0v) is 20.7. The van der Waals surface area contributed by atoms with E-state index in [-0.39, 0.29) is 0 Å². The first-order chi connectivity index (χ1) is 14.1. The van der Waals surface area contributed by atoms with Crippen LogP contribution in [-0.2, 0) is 0 Å². The second kappa shape index (κ2) is 13.0. The van der Waals surface area contributed by atoms with Crippen molar-refractivity contribution in [3.63, 3.8) is 0 Å². The first kappa shape index (κ1) is 26.5. The van der Waals surface area contributed by atoms with E-state index in [9.17, 15) is 17.6 Å². The van der Waals surface area contributed by atoms with E-state index in [1.165, 1.54) is 45.2 Å². The molecule has 3 aromatic rings. The molecule has 30 heavy (non-hydrogen) atoms. The number of pyridine rings is 2. The van der Waals surface area contributed by atoms with Gasteiger partial charge in [0.2, 0.25) is 0 Å². The zero-order chi connectivity index (χ0) is 22.8. The summed E-state index contributed by atoms with van der Waals surface area (Å²) in [4.78, 5) is 8.51. The van der Waals surface area contributed by atoms with Gasteiger partial charge in [-0.05, 0) is 69.4 Å². The number of thiocarbonyl (C=S) groups is 2. The maximum Gasteiger partial charge on any atom is 0.176 e. The van der Waals surface area contributed by atoms with Gasteiger partial charge in [-0.1, -0.05) is 36.6 Å². The first-order valence-corrected chi connectivity index (χ1v) is 10.6. The average Bonchev–Trinajstić information content (AvgIpc) is 2.77. The van der Waals surface area contributed by atoms with E-state index in [0.29, 0.717) is 21.4 Å². The summed E-state index contributed by atoms with van der Waals surface area (Å²) in [6.07, 6.45) is 3.32. The summed E-state index contributed by atoms with van der Waals surface area (Å²) >= 11 is 11.8. The van der Waals surface area contributed by atoms with Gasteiger partial charge in [0.05, 0.1) is 18.5 Å². The fourth-order valence-corrected chi connectivity index (χ4v) is 2.78. The predicted molar refractivity (Wildman–Crippen MR) is 132 cm³/mol. The molecular formula is C18H12F4I2N4S2. The quantitative estimate of drug-likeness (QED) is 0.132. The number of aromatic nitrogens is 2. The van der Waals surface area contributed by atoms with E-state index in [4.69, 9.17) is 11.5 Å². The van der Waals surface area contributed by atoms with Crippen molar-refractivity contribution >= 4 is 79.6 Å². The van der Waals surface area contributed by atoms with Gasteiger partial charge in [0.25, 0.3) is 0 Å². The van der Waals surface area contributed by atoms with Crippen molar-refractivity contribution in [3.8, 4) is 0 Å². The van der Waals surface area contributed by atoms with E-state index in [2.05, 4.69) is 34.4 Å². The lowest BCUT2D eigenvalue weighted by molar-refractivity contribution is 0.437. The van der Waals surface area contributed by atoms with Gasteiger partial charge in [-0.3, -0.25) is 9.97 Å². The van der Waals surface area contributed by atoms with Crippen LogP contribution in [0.2, 0.25) is 0 Å². The summed E-state index contributed by atoms with van der Waals surface area (Å²) in [5.41, 5.74) is 11.9. The highest BCUT2D eigenvalue weighted by Crippen LogP contribution is 2.25. The summed E-state index contributed by atoms with van der Waals surface area (Å²) in [5, 5.41) is 0. The Bertz CT molecular complexity index is 871. The lowest BCUT2D eigenvalue weighted by Gasteiger charge is -2.02.